The summed E-state index contributed by atoms with van der Waals surface area (Å²) in [5, 5.41) is 0. The lowest BCUT2D eigenvalue weighted by molar-refractivity contribution is -0.195. The van der Waals surface area contributed by atoms with Crippen LogP contribution in [-0.2, 0) is 14.3 Å². The van der Waals surface area contributed by atoms with E-state index in [4.69, 9.17) is 4.74 Å². The van der Waals surface area contributed by atoms with Crippen molar-refractivity contribution in [2.45, 2.75) is 65.9 Å². The van der Waals surface area contributed by atoms with Crippen LogP contribution in [0.25, 0.3) is 0 Å². The Bertz CT molecular complexity index is 362. The second-order valence-electron chi connectivity index (χ2n) is 6.76. The van der Waals surface area contributed by atoms with Gasteiger partial charge in [-0.2, -0.15) is 0 Å². The molecule has 3 heteroatoms. The largest absolute Gasteiger partial charge is 0.460 e. The Morgan fingerprint density at radius 2 is 1.67 bits per heavy atom. The molecule has 0 aromatic heterocycles. The molecular formula is C15H24O3. The summed E-state index contributed by atoms with van der Waals surface area (Å²) in [6, 6.07) is 0. The molecule has 1 aliphatic carbocycles. The minimum absolute atomic E-state index is 0.115. The maximum absolute atomic E-state index is 12.8. The van der Waals surface area contributed by atoms with Crippen molar-refractivity contribution in [1.82, 2.24) is 0 Å². The van der Waals surface area contributed by atoms with Crippen molar-refractivity contribution in [2.75, 3.05) is 0 Å². The van der Waals surface area contributed by atoms with Crippen molar-refractivity contribution < 1.29 is 14.3 Å². The molecule has 1 unspecified atom stereocenters. The first kappa shape index (κ1) is 13.6. The van der Waals surface area contributed by atoms with Gasteiger partial charge in [-0.25, -0.2) is 0 Å². The lowest BCUT2D eigenvalue weighted by Crippen LogP contribution is -2.60. The smallest absolute Gasteiger partial charge is 0.319 e. The third kappa shape index (κ3) is 1.79. The highest BCUT2D eigenvalue weighted by molar-refractivity contribution is 6.08. The van der Waals surface area contributed by atoms with Crippen LogP contribution >= 0.6 is 0 Å². The van der Waals surface area contributed by atoms with Gasteiger partial charge in [0.2, 0.25) is 0 Å². The summed E-state index contributed by atoms with van der Waals surface area (Å²) in [7, 11) is 0. The number of carbonyl (C=O) groups excluding carboxylic acids is 2. The van der Waals surface area contributed by atoms with E-state index in [-0.39, 0.29) is 23.8 Å². The van der Waals surface area contributed by atoms with Gasteiger partial charge in [0.15, 0.2) is 5.78 Å². The zero-order valence-electron chi connectivity index (χ0n) is 11.9. The molecule has 2 rings (SSSR count). The average Bonchev–Trinajstić information content (AvgIpc) is 2.33. The molecule has 0 N–H and O–H groups in total. The molecule has 1 atom stereocenters. The summed E-state index contributed by atoms with van der Waals surface area (Å²) in [5.41, 5.74) is -1.38. The maximum Gasteiger partial charge on any atom is 0.319 e. The van der Waals surface area contributed by atoms with E-state index in [0.717, 1.165) is 19.3 Å². The SMILES string of the molecule is CC(C)C1OC(=O)C2(CCCCC2)C(=O)C1(C)C. The fourth-order valence-electron chi connectivity index (χ4n) is 3.77. The van der Waals surface area contributed by atoms with Crippen LogP contribution in [0.2, 0.25) is 0 Å². The van der Waals surface area contributed by atoms with Gasteiger partial charge in [0.25, 0.3) is 0 Å². The number of hydrogen-bond donors (Lipinski definition) is 0. The molecule has 2 fully saturated rings. The highest BCUT2D eigenvalue weighted by atomic mass is 16.5. The summed E-state index contributed by atoms with van der Waals surface area (Å²) < 4.78 is 5.67. The lowest BCUT2D eigenvalue weighted by atomic mass is 9.60. The molecule has 1 aliphatic heterocycles. The normalized spacial score (nSPS) is 30.6. The van der Waals surface area contributed by atoms with Gasteiger partial charge in [-0.05, 0) is 32.6 Å². The Balaban J connectivity index is 2.37. The number of esters is 1. The van der Waals surface area contributed by atoms with Crippen LogP contribution in [-0.4, -0.2) is 17.9 Å². The number of hydrogen-bond acceptors (Lipinski definition) is 3. The minimum Gasteiger partial charge on any atom is -0.460 e. The van der Waals surface area contributed by atoms with Gasteiger partial charge in [-0.1, -0.05) is 33.1 Å². The van der Waals surface area contributed by atoms with Crippen LogP contribution in [0.4, 0.5) is 0 Å². The maximum atomic E-state index is 12.8. The van der Waals surface area contributed by atoms with Crippen LogP contribution in [0.15, 0.2) is 0 Å². The van der Waals surface area contributed by atoms with E-state index in [1.165, 1.54) is 0 Å². The molecule has 1 spiro atoms. The topological polar surface area (TPSA) is 43.4 Å². The summed E-state index contributed by atoms with van der Waals surface area (Å²) in [6.07, 6.45) is 4.12. The molecule has 18 heavy (non-hydrogen) atoms. The van der Waals surface area contributed by atoms with E-state index in [2.05, 4.69) is 0 Å². The molecule has 0 aromatic rings. The monoisotopic (exact) mass is 252 g/mol. The van der Waals surface area contributed by atoms with Gasteiger partial charge < -0.3 is 4.74 Å². The third-order valence-electron chi connectivity index (χ3n) is 4.67. The Kier molecular flexibility index (Phi) is 3.28. The van der Waals surface area contributed by atoms with Crippen molar-refractivity contribution in [1.29, 1.82) is 0 Å². The molecule has 1 saturated heterocycles. The van der Waals surface area contributed by atoms with Gasteiger partial charge in [0.1, 0.15) is 11.5 Å². The number of ether oxygens (including phenoxy) is 1. The zero-order valence-corrected chi connectivity index (χ0v) is 11.9. The second kappa shape index (κ2) is 4.36. The third-order valence-corrected chi connectivity index (χ3v) is 4.67. The standard InChI is InChI=1S/C15H24O3/c1-10(2)11-14(3,4)12(16)15(13(17)18-11)8-6-5-7-9-15/h10-11H,5-9H2,1-4H3. The predicted molar refractivity (Wildman–Crippen MR) is 69.0 cm³/mol. The Labute approximate surface area is 109 Å². The predicted octanol–water partition coefficient (Wildman–Crippen LogP) is 3.11. The van der Waals surface area contributed by atoms with Crippen molar-refractivity contribution in [2.24, 2.45) is 16.7 Å². The van der Waals surface area contributed by atoms with Crippen LogP contribution < -0.4 is 0 Å². The summed E-state index contributed by atoms with van der Waals surface area (Å²) in [6.45, 7) is 7.88. The molecule has 3 nitrogen and oxygen atoms in total. The van der Waals surface area contributed by atoms with Crippen LogP contribution in [0, 0.1) is 16.7 Å². The fourth-order valence-corrected chi connectivity index (χ4v) is 3.77. The molecule has 2 aliphatic rings. The fraction of sp³-hybridized carbons (Fsp3) is 0.867. The number of ketones is 1. The number of rotatable bonds is 1. The van der Waals surface area contributed by atoms with E-state index >= 15 is 0 Å². The quantitative estimate of drug-likeness (QED) is 0.532. The average molecular weight is 252 g/mol. The zero-order chi connectivity index (χ0) is 13.6. The van der Waals surface area contributed by atoms with E-state index in [1.807, 2.05) is 27.7 Å². The van der Waals surface area contributed by atoms with Gasteiger partial charge in [0.05, 0.1) is 5.41 Å². The first-order chi connectivity index (χ1) is 8.32. The van der Waals surface area contributed by atoms with E-state index in [0.29, 0.717) is 12.8 Å². The van der Waals surface area contributed by atoms with Crippen molar-refractivity contribution >= 4 is 11.8 Å². The van der Waals surface area contributed by atoms with Crippen molar-refractivity contribution in [3.8, 4) is 0 Å². The Morgan fingerprint density at radius 1 is 1.11 bits per heavy atom. The summed E-state index contributed by atoms with van der Waals surface area (Å²) in [4.78, 5) is 25.2. The second-order valence-corrected chi connectivity index (χ2v) is 6.76. The minimum atomic E-state index is -0.826. The van der Waals surface area contributed by atoms with Gasteiger partial charge >= 0.3 is 5.97 Å². The first-order valence-electron chi connectivity index (χ1n) is 7.08. The number of Topliss-reactive ketones (excluding diaryl/α,β-unsaturated/α-hetero) is 1. The lowest BCUT2D eigenvalue weighted by Gasteiger charge is -2.48. The van der Waals surface area contributed by atoms with Gasteiger partial charge in [-0.3, -0.25) is 9.59 Å². The molecule has 0 aromatic carbocycles. The summed E-state index contributed by atoms with van der Waals surface area (Å²) in [5.74, 6) is 0.0312. The Hall–Kier alpha value is -0.860. The first-order valence-corrected chi connectivity index (χ1v) is 7.08. The molecule has 1 saturated carbocycles. The van der Waals surface area contributed by atoms with E-state index in [1.54, 1.807) is 0 Å². The Morgan fingerprint density at radius 3 is 2.17 bits per heavy atom. The summed E-state index contributed by atoms with van der Waals surface area (Å²) >= 11 is 0. The van der Waals surface area contributed by atoms with Crippen molar-refractivity contribution in [3.63, 3.8) is 0 Å². The van der Waals surface area contributed by atoms with E-state index < -0.39 is 10.8 Å². The molecular weight excluding hydrogens is 228 g/mol. The van der Waals surface area contributed by atoms with Gasteiger partial charge in [-0.15, -0.1) is 0 Å². The van der Waals surface area contributed by atoms with Crippen molar-refractivity contribution in [3.05, 3.63) is 0 Å². The molecule has 0 amide bonds. The van der Waals surface area contributed by atoms with E-state index in [9.17, 15) is 9.59 Å². The number of carbonyl (C=O) groups is 2. The van der Waals surface area contributed by atoms with Crippen LogP contribution in [0.1, 0.15) is 59.8 Å². The molecule has 102 valence electrons. The molecule has 0 radical (unpaired) electrons. The highest BCUT2D eigenvalue weighted by Crippen LogP contribution is 2.49. The van der Waals surface area contributed by atoms with Crippen LogP contribution in [0.3, 0.4) is 0 Å². The highest BCUT2D eigenvalue weighted by Gasteiger charge is 2.60. The van der Waals surface area contributed by atoms with Crippen LogP contribution in [0.5, 0.6) is 0 Å². The van der Waals surface area contributed by atoms with Gasteiger partial charge in [0, 0.05) is 0 Å². The number of cyclic esters (lactones) is 1. The molecule has 1 heterocycles. The molecule has 0 bridgehead atoms.